The van der Waals surface area contributed by atoms with E-state index in [-0.39, 0.29) is 5.91 Å². The van der Waals surface area contributed by atoms with E-state index in [0.717, 1.165) is 28.6 Å². The van der Waals surface area contributed by atoms with Crippen molar-refractivity contribution < 1.29 is 9.21 Å². The minimum Gasteiger partial charge on any atom is -0.464 e. The van der Waals surface area contributed by atoms with E-state index >= 15 is 0 Å². The molecule has 146 valence electrons. The first-order valence-electron chi connectivity index (χ1n) is 10.2. The van der Waals surface area contributed by atoms with Gasteiger partial charge in [-0.25, -0.2) is 0 Å². The summed E-state index contributed by atoms with van der Waals surface area (Å²) in [6, 6.07) is 14.5. The van der Waals surface area contributed by atoms with Gasteiger partial charge >= 0.3 is 0 Å². The van der Waals surface area contributed by atoms with E-state index in [9.17, 15) is 4.79 Å². The summed E-state index contributed by atoms with van der Waals surface area (Å²) in [7, 11) is 0. The first kappa shape index (κ1) is 18.8. The summed E-state index contributed by atoms with van der Waals surface area (Å²) >= 11 is 0. The quantitative estimate of drug-likeness (QED) is 0.685. The number of furan rings is 1. The molecular weight excluding hydrogens is 348 g/mol. The molecule has 0 atom stereocenters. The van der Waals surface area contributed by atoms with Crippen LogP contribution in [0.3, 0.4) is 0 Å². The number of piperidine rings is 1. The SMILES string of the molecule is Cc1ccc2c(CC(=O)NCc3ccccc3CN3CCCCC3)coc2c1. The zero-order chi connectivity index (χ0) is 19.3. The Balaban J connectivity index is 1.38. The summed E-state index contributed by atoms with van der Waals surface area (Å²) in [5.74, 6) is 0.0241. The highest BCUT2D eigenvalue weighted by atomic mass is 16.3. The van der Waals surface area contributed by atoms with Crippen molar-refractivity contribution in [1.82, 2.24) is 10.2 Å². The zero-order valence-electron chi connectivity index (χ0n) is 16.5. The normalized spacial score (nSPS) is 15.0. The molecule has 1 amide bonds. The Kier molecular flexibility index (Phi) is 5.77. The van der Waals surface area contributed by atoms with Crippen LogP contribution in [0.25, 0.3) is 11.0 Å². The first-order valence-corrected chi connectivity index (χ1v) is 10.2. The fourth-order valence-corrected chi connectivity index (χ4v) is 4.00. The largest absolute Gasteiger partial charge is 0.464 e. The minimum absolute atomic E-state index is 0.0241. The van der Waals surface area contributed by atoms with Crippen molar-refractivity contribution in [3.63, 3.8) is 0 Å². The van der Waals surface area contributed by atoms with Crippen LogP contribution in [-0.2, 0) is 24.3 Å². The second-order valence-corrected chi connectivity index (χ2v) is 7.82. The van der Waals surface area contributed by atoms with Crippen molar-refractivity contribution >= 4 is 16.9 Å². The second-order valence-electron chi connectivity index (χ2n) is 7.82. The molecule has 4 rings (SSSR count). The van der Waals surface area contributed by atoms with Crippen LogP contribution in [0.15, 0.2) is 53.1 Å². The van der Waals surface area contributed by atoms with Crippen LogP contribution in [0.5, 0.6) is 0 Å². The molecule has 0 aliphatic carbocycles. The number of likely N-dealkylation sites (tertiary alicyclic amines) is 1. The van der Waals surface area contributed by atoms with Gasteiger partial charge in [-0.15, -0.1) is 0 Å². The number of nitrogens with zero attached hydrogens (tertiary/aromatic N) is 1. The summed E-state index contributed by atoms with van der Waals surface area (Å²) in [5.41, 5.74) is 5.45. The highest BCUT2D eigenvalue weighted by Crippen LogP contribution is 2.23. The molecule has 1 saturated heterocycles. The molecule has 1 aliphatic rings. The van der Waals surface area contributed by atoms with Gasteiger partial charge in [-0.3, -0.25) is 9.69 Å². The number of amides is 1. The third kappa shape index (κ3) is 4.45. The van der Waals surface area contributed by atoms with E-state index in [1.807, 2.05) is 25.1 Å². The summed E-state index contributed by atoms with van der Waals surface area (Å²) in [5, 5.41) is 4.11. The van der Waals surface area contributed by atoms with Crippen LogP contribution < -0.4 is 5.32 Å². The van der Waals surface area contributed by atoms with E-state index in [0.29, 0.717) is 13.0 Å². The minimum atomic E-state index is 0.0241. The lowest BCUT2D eigenvalue weighted by Crippen LogP contribution is -2.30. The molecule has 0 spiro atoms. The maximum atomic E-state index is 12.5. The highest BCUT2D eigenvalue weighted by Gasteiger charge is 2.14. The first-order chi connectivity index (χ1) is 13.7. The molecule has 0 saturated carbocycles. The van der Waals surface area contributed by atoms with E-state index in [1.54, 1.807) is 6.26 Å². The molecule has 2 aromatic carbocycles. The number of fused-ring (bicyclic) bond motifs is 1. The summed E-state index contributed by atoms with van der Waals surface area (Å²) < 4.78 is 5.61. The molecule has 1 fully saturated rings. The third-order valence-electron chi connectivity index (χ3n) is 5.60. The number of hydrogen-bond acceptors (Lipinski definition) is 3. The maximum Gasteiger partial charge on any atom is 0.224 e. The number of nitrogens with one attached hydrogen (secondary N) is 1. The van der Waals surface area contributed by atoms with E-state index < -0.39 is 0 Å². The van der Waals surface area contributed by atoms with Gasteiger partial charge < -0.3 is 9.73 Å². The van der Waals surface area contributed by atoms with Crippen LogP contribution in [0.1, 0.15) is 41.5 Å². The van der Waals surface area contributed by atoms with Gasteiger partial charge in [0, 0.05) is 24.0 Å². The van der Waals surface area contributed by atoms with Crippen LogP contribution in [0.4, 0.5) is 0 Å². The van der Waals surface area contributed by atoms with Gasteiger partial charge in [0.2, 0.25) is 5.91 Å². The molecule has 28 heavy (non-hydrogen) atoms. The average Bonchev–Trinajstić information content (AvgIpc) is 3.10. The number of rotatable bonds is 6. The van der Waals surface area contributed by atoms with Crippen LogP contribution in [-0.4, -0.2) is 23.9 Å². The van der Waals surface area contributed by atoms with Gasteiger partial charge in [0.25, 0.3) is 0 Å². The Morgan fingerprint density at radius 2 is 1.82 bits per heavy atom. The molecule has 1 aromatic heterocycles. The smallest absolute Gasteiger partial charge is 0.224 e. The lowest BCUT2D eigenvalue weighted by Gasteiger charge is -2.27. The molecule has 2 heterocycles. The van der Waals surface area contributed by atoms with Crippen LogP contribution in [0, 0.1) is 6.92 Å². The Morgan fingerprint density at radius 3 is 2.64 bits per heavy atom. The number of hydrogen-bond donors (Lipinski definition) is 1. The number of carbonyl (C=O) groups excluding carboxylic acids is 1. The monoisotopic (exact) mass is 376 g/mol. The molecule has 3 aromatic rings. The molecule has 1 N–H and O–H groups in total. The van der Waals surface area contributed by atoms with Crippen molar-refractivity contribution in [3.05, 3.63) is 71.0 Å². The van der Waals surface area contributed by atoms with Gasteiger partial charge in [0.15, 0.2) is 0 Å². The van der Waals surface area contributed by atoms with E-state index in [1.165, 1.54) is 43.5 Å². The van der Waals surface area contributed by atoms with Crippen molar-refractivity contribution in [2.24, 2.45) is 0 Å². The lowest BCUT2D eigenvalue weighted by molar-refractivity contribution is -0.120. The van der Waals surface area contributed by atoms with Crippen molar-refractivity contribution in [3.8, 4) is 0 Å². The summed E-state index contributed by atoms with van der Waals surface area (Å²) in [6.07, 6.45) is 5.96. The topological polar surface area (TPSA) is 45.5 Å². The Morgan fingerprint density at radius 1 is 1.04 bits per heavy atom. The lowest BCUT2D eigenvalue weighted by atomic mass is 10.0. The Labute approximate surface area is 166 Å². The van der Waals surface area contributed by atoms with Gasteiger partial charge in [-0.05, 0) is 55.6 Å². The fraction of sp³-hybridized carbons (Fsp3) is 0.375. The molecule has 0 radical (unpaired) electrons. The Hall–Kier alpha value is -2.59. The summed E-state index contributed by atoms with van der Waals surface area (Å²) in [6.45, 7) is 5.92. The average molecular weight is 377 g/mol. The highest BCUT2D eigenvalue weighted by molar-refractivity contribution is 5.87. The number of benzene rings is 2. The van der Waals surface area contributed by atoms with Crippen LogP contribution >= 0.6 is 0 Å². The maximum absolute atomic E-state index is 12.5. The zero-order valence-corrected chi connectivity index (χ0v) is 16.5. The van der Waals surface area contributed by atoms with Gasteiger partial charge in [0.1, 0.15) is 5.58 Å². The van der Waals surface area contributed by atoms with Gasteiger partial charge in [0.05, 0.1) is 12.7 Å². The van der Waals surface area contributed by atoms with Crippen molar-refractivity contribution in [2.75, 3.05) is 13.1 Å². The van der Waals surface area contributed by atoms with Crippen LogP contribution in [0.2, 0.25) is 0 Å². The van der Waals surface area contributed by atoms with E-state index in [2.05, 4.69) is 34.5 Å². The number of aryl methyl sites for hydroxylation is 1. The van der Waals surface area contributed by atoms with Gasteiger partial charge in [-0.2, -0.15) is 0 Å². The number of carbonyl (C=O) groups is 1. The molecule has 1 aliphatic heterocycles. The molecule has 4 nitrogen and oxygen atoms in total. The van der Waals surface area contributed by atoms with Gasteiger partial charge in [-0.1, -0.05) is 42.8 Å². The predicted molar refractivity (Wildman–Crippen MR) is 112 cm³/mol. The second kappa shape index (κ2) is 8.61. The molecular formula is C24H28N2O2. The standard InChI is InChI=1S/C24H28N2O2/c1-18-9-10-22-21(17-28-23(22)13-18)14-24(27)25-15-19-7-3-4-8-20(19)16-26-11-5-2-6-12-26/h3-4,7-10,13,17H,2,5-6,11-12,14-16H2,1H3,(H,25,27). The Bertz CT molecular complexity index is 954. The molecule has 4 heteroatoms. The third-order valence-corrected chi connectivity index (χ3v) is 5.60. The predicted octanol–water partition coefficient (Wildman–Crippen LogP) is 4.59. The summed E-state index contributed by atoms with van der Waals surface area (Å²) in [4.78, 5) is 15.1. The fourth-order valence-electron chi connectivity index (χ4n) is 4.00. The van der Waals surface area contributed by atoms with Crippen molar-refractivity contribution in [2.45, 2.75) is 45.7 Å². The molecule has 0 unspecified atom stereocenters. The van der Waals surface area contributed by atoms with E-state index in [4.69, 9.17) is 4.42 Å². The van der Waals surface area contributed by atoms with Crippen molar-refractivity contribution in [1.29, 1.82) is 0 Å². The molecule has 0 bridgehead atoms.